The third-order valence-electron chi connectivity index (χ3n) is 5.98. The van der Waals surface area contributed by atoms with Crippen LogP contribution in [0.2, 0.25) is 0 Å². The molecule has 8 nitrogen and oxygen atoms in total. The quantitative estimate of drug-likeness (QED) is 0.452. The number of nitro groups is 1. The molecule has 2 aliphatic heterocycles. The standard InChI is InChI=1S/C24H20N2O6/c1-25-20-9-4-3-8-19(20)24(23(25)27)21(16-6-5-7-17(14-16)26(28)29)31-22(32-24)15-10-12-18(30-2)13-11-15/h3-14,21-22H,1-2H3/t21-,22+,24-/m1/s1. The lowest BCUT2D eigenvalue weighted by Gasteiger charge is -2.27. The summed E-state index contributed by atoms with van der Waals surface area (Å²) in [6.45, 7) is 0. The van der Waals surface area contributed by atoms with Crippen LogP contribution in [0.4, 0.5) is 11.4 Å². The van der Waals surface area contributed by atoms with Crippen LogP contribution in [0.3, 0.4) is 0 Å². The lowest BCUT2D eigenvalue weighted by atomic mass is 9.85. The van der Waals surface area contributed by atoms with E-state index >= 15 is 0 Å². The van der Waals surface area contributed by atoms with Crippen molar-refractivity contribution >= 4 is 17.3 Å². The lowest BCUT2D eigenvalue weighted by molar-refractivity contribution is -0.385. The Kier molecular flexibility index (Phi) is 4.69. The van der Waals surface area contributed by atoms with Gasteiger partial charge in [0, 0.05) is 30.3 Å². The number of amides is 1. The number of methoxy groups -OCH3 is 1. The van der Waals surface area contributed by atoms with Crippen LogP contribution in [0.5, 0.6) is 5.75 Å². The van der Waals surface area contributed by atoms with Gasteiger partial charge in [0.25, 0.3) is 11.6 Å². The van der Waals surface area contributed by atoms with E-state index in [1.165, 1.54) is 12.1 Å². The summed E-state index contributed by atoms with van der Waals surface area (Å²) < 4.78 is 18.0. The Bertz CT molecular complexity index is 1210. The van der Waals surface area contributed by atoms with E-state index in [1.807, 2.05) is 36.4 Å². The Morgan fingerprint density at radius 3 is 2.50 bits per heavy atom. The van der Waals surface area contributed by atoms with E-state index in [0.717, 1.165) is 0 Å². The van der Waals surface area contributed by atoms with E-state index in [1.54, 1.807) is 43.3 Å². The van der Waals surface area contributed by atoms with Gasteiger partial charge in [-0.15, -0.1) is 0 Å². The van der Waals surface area contributed by atoms with Gasteiger partial charge in [0.2, 0.25) is 5.60 Å². The van der Waals surface area contributed by atoms with Crippen LogP contribution >= 0.6 is 0 Å². The zero-order valence-electron chi connectivity index (χ0n) is 17.4. The highest BCUT2D eigenvalue weighted by atomic mass is 16.7. The number of fused-ring (bicyclic) bond motifs is 2. The van der Waals surface area contributed by atoms with Crippen LogP contribution in [0.15, 0.2) is 72.8 Å². The van der Waals surface area contributed by atoms with Crippen LogP contribution in [0.1, 0.15) is 29.1 Å². The minimum Gasteiger partial charge on any atom is -0.497 e. The van der Waals surface area contributed by atoms with Gasteiger partial charge in [-0.1, -0.05) is 42.5 Å². The zero-order valence-corrected chi connectivity index (χ0v) is 17.4. The number of anilines is 1. The second-order valence-electron chi connectivity index (χ2n) is 7.71. The minimum absolute atomic E-state index is 0.0822. The molecule has 32 heavy (non-hydrogen) atoms. The number of hydrogen-bond donors (Lipinski definition) is 0. The summed E-state index contributed by atoms with van der Waals surface area (Å²) in [6.07, 6.45) is -1.73. The first-order valence-electron chi connectivity index (χ1n) is 10.0. The van der Waals surface area contributed by atoms with E-state index in [0.29, 0.717) is 28.1 Å². The molecule has 0 aromatic heterocycles. The summed E-state index contributed by atoms with van der Waals surface area (Å²) in [4.78, 5) is 26.1. The molecule has 0 unspecified atom stereocenters. The van der Waals surface area contributed by atoms with Crippen LogP contribution < -0.4 is 9.64 Å². The maximum absolute atomic E-state index is 13.6. The van der Waals surface area contributed by atoms with Crippen LogP contribution in [-0.2, 0) is 19.9 Å². The van der Waals surface area contributed by atoms with Gasteiger partial charge in [0.05, 0.1) is 17.7 Å². The van der Waals surface area contributed by atoms with Gasteiger partial charge in [0.15, 0.2) is 6.29 Å². The summed E-state index contributed by atoms with van der Waals surface area (Å²) in [5.41, 5.74) is 1.03. The van der Waals surface area contributed by atoms with Crippen molar-refractivity contribution in [3.05, 3.63) is 99.6 Å². The van der Waals surface area contributed by atoms with Gasteiger partial charge in [-0.25, -0.2) is 0 Å². The van der Waals surface area contributed by atoms with E-state index in [4.69, 9.17) is 14.2 Å². The van der Waals surface area contributed by atoms with Crippen LogP contribution in [-0.4, -0.2) is 25.0 Å². The molecule has 162 valence electrons. The highest BCUT2D eigenvalue weighted by molar-refractivity contribution is 6.07. The van der Waals surface area contributed by atoms with Gasteiger partial charge in [-0.3, -0.25) is 14.9 Å². The second-order valence-corrected chi connectivity index (χ2v) is 7.71. The normalized spacial score (nSPS) is 24.1. The van der Waals surface area contributed by atoms with Crippen molar-refractivity contribution in [2.75, 3.05) is 19.1 Å². The highest BCUT2D eigenvalue weighted by Gasteiger charge is 2.63. The molecule has 0 aliphatic carbocycles. The molecule has 5 rings (SSSR count). The molecule has 2 heterocycles. The molecule has 1 fully saturated rings. The molecule has 0 bridgehead atoms. The fourth-order valence-electron chi connectivity index (χ4n) is 4.42. The first-order chi connectivity index (χ1) is 15.5. The fourth-order valence-corrected chi connectivity index (χ4v) is 4.42. The Morgan fingerprint density at radius 2 is 1.78 bits per heavy atom. The van der Waals surface area contributed by atoms with Crippen molar-refractivity contribution in [1.82, 2.24) is 0 Å². The molecule has 1 amide bonds. The number of carbonyl (C=O) groups is 1. The van der Waals surface area contributed by atoms with Crippen molar-refractivity contribution in [2.24, 2.45) is 0 Å². The summed E-state index contributed by atoms with van der Waals surface area (Å²) in [6, 6.07) is 20.7. The monoisotopic (exact) mass is 432 g/mol. The molecule has 3 atom stereocenters. The maximum atomic E-state index is 13.6. The van der Waals surface area contributed by atoms with Gasteiger partial charge in [0.1, 0.15) is 11.9 Å². The first kappa shape index (κ1) is 20.2. The zero-order chi connectivity index (χ0) is 22.5. The third-order valence-corrected chi connectivity index (χ3v) is 5.98. The largest absolute Gasteiger partial charge is 0.497 e. The second kappa shape index (κ2) is 7.44. The van der Waals surface area contributed by atoms with Crippen molar-refractivity contribution in [1.29, 1.82) is 0 Å². The van der Waals surface area contributed by atoms with Gasteiger partial charge < -0.3 is 19.1 Å². The molecule has 1 saturated heterocycles. The minimum atomic E-state index is -1.47. The van der Waals surface area contributed by atoms with E-state index in [-0.39, 0.29) is 11.6 Å². The fraction of sp³-hybridized carbons (Fsp3) is 0.208. The number of nitro benzene ring substituents is 1. The number of benzene rings is 3. The number of hydrogen-bond acceptors (Lipinski definition) is 6. The van der Waals surface area contributed by atoms with Crippen molar-refractivity contribution < 1.29 is 23.9 Å². The number of para-hydroxylation sites is 1. The van der Waals surface area contributed by atoms with Gasteiger partial charge in [-0.05, 0) is 23.8 Å². The van der Waals surface area contributed by atoms with E-state index in [9.17, 15) is 14.9 Å². The number of non-ortho nitro benzene ring substituents is 1. The Labute approximate surface area is 184 Å². The number of carbonyl (C=O) groups excluding carboxylic acids is 1. The molecule has 0 radical (unpaired) electrons. The summed E-state index contributed by atoms with van der Waals surface area (Å²) in [5.74, 6) is 0.393. The van der Waals surface area contributed by atoms with E-state index < -0.39 is 22.9 Å². The molecular formula is C24H20N2O6. The van der Waals surface area contributed by atoms with Gasteiger partial charge in [-0.2, -0.15) is 0 Å². The first-order valence-corrected chi connectivity index (χ1v) is 10.0. The Hall–Kier alpha value is -3.75. The molecule has 0 saturated carbocycles. The third kappa shape index (κ3) is 2.88. The number of rotatable bonds is 4. The SMILES string of the molecule is COc1ccc([C@H]2O[C@H](c3cccc([N+](=O)[O-])c3)[C@@]3(O2)C(=O)N(C)c2ccccc23)cc1. The molecular weight excluding hydrogens is 412 g/mol. The highest BCUT2D eigenvalue weighted by Crippen LogP contribution is 2.58. The maximum Gasteiger partial charge on any atom is 0.269 e. The van der Waals surface area contributed by atoms with Crippen molar-refractivity contribution in [3.63, 3.8) is 0 Å². The molecule has 1 spiro atoms. The van der Waals surface area contributed by atoms with Crippen molar-refractivity contribution in [3.8, 4) is 5.75 Å². The van der Waals surface area contributed by atoms with Crippen molar-refractivity contribution in [2.45, 2.75) is 18.0 Å². The summed E-state index contributed by atoms with van der Waals surface area (Å²) in [5, 5.41) is 11.4. The van der Waals surface area contributed by atoms with Gasteiger partial charge >= 0.3 is 0 Å². The number of likely N-dealkylation sites (N-methyl/N-ethyl adjacent to an activating group) is 1. The Morgan fingerprint density at radius 1 is 1.03 bits per heavy atom. The predicted molar refractivity (Wildman–Crippen MR) is 115 cm³/mol. The molecule has 2 aliphatic rings. The average Bonchev–Trinajstić information content (AvgIpc) is 3.33. The van der Waals surface area contributed by atoms with Crippen LogP contribution in [0.25, 0.3) is 0 Å². The Balaban J connectivity index is 1.66. The molecule has 3 aromatic rings. The topological polar surface area (TPSA) is 91.1 Å². The number of ether oxygens (including phenoxy) is 3. The molecule has 0 N–H and O–H groups in total. The lowest BCUT2D eigenvalue weighted by Crippen LogP contribution is -2.42. The summed E-state index contributed by atoms with van der Waals surface area (Å²) in [7, 11) is 3.26. The summed E-state index contributed by atoms with van der Waals surface area (Å²) >= 11 is 0. The average molecular weight is 432 g/mol. The predicted octanol–water partition coefficient (Wildman–Crippen LogP) is 4.26. The number of nitrogens with zero attached hydrogens (tertiary/aromatic N) is 2. The van der Waals surface area contributed by atoms with E-state index in [2.05, 4.69) is 0 Å². The molecule has 3 aromatic carbocycles. The smallest absolute Gasteiger partial charge is 0.269 e. The molecule has 8 heteroatoms. The van der Waals surface area contributed by atoms with Crippen LogP contribution in [0, 0.1) is 10.1 Å².